The van der Waals surface area contributed by atoms with Crippen molar-refractivity contribution in [2.24, 2.45) is 5.92 Å². The zero-order chi connectivity index (χ0) is 28.6. The van der Waals surface area contributed by atoms with Crippen LogP contribution in [0.2, 0.25) is 0 Å². The summed E-state index contributed by atoms with van der Waals surface area (Å²) in [6.45, 7) is 24.7. The van der Waals surface area contributed by atoms with Crippen LogP contribution in [-0.4, -0.2) is 11.7 Å². The quantitative estimate of drug-likeness (QED) is 0.203. The van der Waals surface area contributed by atoms with Crippen molar-refractivity contribution in [2.45, 2.75) is 127 Å². The van der Waals surface area contributed by atoms with Gasteiger partial charge in [0.05, 0.1) is 6.61 Å². The van der Waals surface area contributed by atoms with Crippen molar-refractivity contribution in [3.63, 3.8) is 0 Å². The maximum absolute atomic E-state index is 9.72. The summed E-state index contributed by atoms with van der Waals surface area (Å²) in [7, 11) is 0. The Bertz CT molecular complexity index is 800. The van der Waals surface area contributed by atoms with E-state index >= 15 is 0 Å². The molecule has 40 heavy (non-hydrogen) atoms. The first-order chi connectivity index (χ1) is 17.8. The molecule has 0 spiro atoms. The Kier molecular flexibility index (Phi) is 38.4. The molecule has 1 fully saturated rings. The van der Waals surface area contributed by atoms with Crippen LogP contribution in [0, 0.1) is 19.8 Å². The van der Waals surface area contributed by atoms with Crippen LogP contribution in [0.1, 0.15) is 129 Å². The Balaban J connectivity index is -0.000000255. The number of rotatable bonds is 6. The zero-order valence-corrected chi connectivity index (χ0v) is 30.9. The molecule has 0 atom stereocenters. The fourth-order valence-electron chi connectivity index (χ4n) is 3.95. The van der Waals surface area contributed by atoms with Gasteiger partial charge >= 0.3 is 0 Å². The number of ether oxygens (including phenoxy) is 1. The monoisotopic (exact) mass is 730 g/mol. The van der Waals surface area contributed by atoms with Crippen molar-refractivity contribution < 1.29 is 30.9 Å². The van der Waals surface area contributed by atoms with Crippen molar-refractivity contribution in [3.8, 4) is 11.5 Å². The first-order valence-electron chi connectivity index (χ1n) is 14.9. The molecule has 5 heteroatoms. The van der Waals surface area contributed by atoms with E-state index in [1.807, 2.05) is 40.7 Å². The number of aromatic hydroxyl groups is 1. The molecule has 2 aromatic rings. The zero-order valence-electron chi connectivity index (χ0n) is 27.9. The van der Waals surface area contributed by atoms with Crippen LogP contribution < -0.4 is 17.0 Å². The van der Waals surface area contributed by atoms with Gasteiger partial charge in [-0.3, -0.25) is 0 Å². The maximum atomic E-state index is 9.72. The van der Waals surface area contributed by atoms with Gasteiger partial charge in [-0.1, -0.05) is 104 Å². The SMILES string of the molecule is C=CC.CC.CCC.CCC.Cc1c(O)ccc(OCCCc2ccc(C3CCC(C)CC3)cc2)c1C.N.N.[W]. The molecule has 0 amide bonds. The first-order valence-corrected chi connectivity index (χ1v) is 14.9. The van der Waals surface area contributed by atoms with Crippen molar-refractivity contribution in [3.05, 3.63) is 71.3 Å². The molecule has 0 radical (unpaired) electrons. The second-order valence-corrected chi connectivity index (χ2v) is 9.81. The van der Waals surface area contributed by atoms with Crippen LogP contribution in [0.5, 0.6) is 11.5 Å². The van der Waals surface area contributed by atoms with E-state index in [1.54, 1.807) is 12.1 Å². The third-order valence-electron chi connectivity index (χ3n) is 6.04. The van der Waals surface area contributed by atoms with Crippen molar-refractivity contribution in [2.75, 3.05) is 6.61 Å². The molecule has 0 aromatic heterocycles. The van der Waals surface area contributed by atoms with Gasteiger partial charge in [-0.2, -0.15) is 0 Å². The average molecular weight is 731 g/mol. The van der Waals surface area contributed by atoms with Crippen LogP contribution in [0.3, 0.4) is 0 Å². The Morgan fingerprint density at radius 2 is 1.30 bits per heavy atom. The number of benzene rings is 2. The molecule has 0 unspecified atom stereocenters. The van der Waals surface area contributed by atoms with E-state index in [2.05, 4.69) is 65.5 Å². The Hall–Kier alpha value is -1.61. The Morgan fingerprint density at radius 1 is 0.850 bits per heavy atom. The number of hydrogen-bond acceptors (Lipinski definition) is 4. The Labute approximate surface area is 264 Å². The second-order valence-electron chi connectivity index (χ2n) is 9.81. The van der Waals surface area contributed by atoms with E-state index in [4.69, 9.17) is 4.74 Å². The summed E-state index contributed by atoms with van der Waals surface area (Å²) >= 11 is 0. The molecular formula is C35H66N2O2W. The number of aryl methyl sites for hydroxylation is 1. The van der Waals surface area contributed by atoms with Crippen LogP contribution in [-0.2, 0) is 27.5 Å². The number of phenols is 1. The number of phenolic OH excluding ortho intramolecular Hbond substituents is 1. The van der Waals surface area contributed by atoms with Crippen molar-refractivity contribution >= 4 is 0 Å². The van der Waals surface area contributed by atoms with Gasteiger partial charge < -0.3 is 22.1 Å². The number of allylic oxidation sites excluding steroid dienone is 1. The van der Waals surface area contributed by atoms with Gasteiger partial charge in [0.2, 0.25) is 0 Å². The molecule has 4 nitrogen and oxygen atoms in total. The molecule has 1 aliphatic rings. The Morgan fingerprint density at radius 3 is 1.75 bits per heavy atom. The van der Waals surface area contributed by atoms with E-state index in [-0.39, 0.29) is 33.4 Å². The average Bonchev–Trinajstić information content (AvgIpc) is 2.90. The van der Waals surface area contributed by atoms with Crippen molar-refractivity contribution in [1.29, 1.82) is 0 Å². The predicted octanol–water partition coefficient (Wildman–Crippen LogP) is 11.7. The molecular weight excluding hydrogens is 664 g/mol. The molecule has 0 saturated heterocycles. The molecule has 1 aliphatic carbocycles. The third kappa shape index (κ3) is 21.2. The van der Waals surface area contributed by atoms with Crippen LogP contribution in [0.4, 0.5) is 0 Å². The fraction of sp³-hybridized carbons (Fsp3) is 0.600. The van der Waals surface area contributed by atoms with Gasteiger partial charge in [-0.25, -0.2) is 0 Å². The van der Waals surface area contributed by atoms with E-state index in [1.165, 1.54) is 49.7 Å². The van der Waals surface area contributed by atoms with Gasteiger partial charge in [0.15, 0.2) is 0 Å². The van der Waals surface area contributed by atoms with E-state index in [0.717, 1.165) is 41.6 Å². The van der Waals surface area contributed by atoms with Crippen LogP contribution in [0.25, 0.3) is 0 Å². The minimum atomic E-state index is 0. The molecule has 0 heterocycles. The summed E-state index contributed by atoms with van der Waals surface area (Å²) in [6, 6.07) is 12.8. The van der Waals surface area contributed by atoms with E-state index < -0.39 is 0 Å². The van der Waals surface area contributed by atoms with Gasteiger partial charge in [0.1, 0.15) is 11.5 Å². The first kappa shape index (κ1) is 48.1. The third-order valence-corrected chi connectivity index (χ3v) is 6.04. The van der Waals surface area contributed by atoms with Crippen molar-refractivity contribution in [1.82, 2.24) is 12.3 Å². The molecule has 234 valence electrons. The van der Waals surface area contributed by atoms with Gasteiger partial charge in [0, 0.05) is 21.1 Å². The normalized spacial score (nSPS) is 14.4. The largest absolute Gasteiger partial charge is 0.508 e. The topological polar surface area (TPSA) is 99.5 Å². The second kappa shape index (κ2) is 31.9. The summed E-state index contributed by atoms with van der Waals surface area (Å²) in [6.07, 6.45) is 11.7. The summed E-state index contributed by atoms with van der Waals surface area (Å²) in [5.74, 6) is 2.89. The van der Waals surface area contributed by atoms with Gasteiger partial charge in [-0.05, 0) is 92.7 Å². The summed E-state index contributed by atoms with van der Waals surface area (Å²) in [5.41, 5.74) is 4.83. The minimum absolute atomic E-state index is 0. The molecule has 0 bridgehead atoms. The molecule has 7 N–H and O–H groups in total. The van der Waals surface area contributed by atoms with E-state index in [0.29, 0.717) is 12.4 Å². The predicted molar refractivity (Wildman–Crippen MR) is 177 cm³/mol. The smallest absolute Gasteiger partial charge is 0.122 e. The minimum Gasteiger partial charge on any atom is -0.508 e. The molecule has 3 rings (SSSR count). The standard InChI is InChI=1S/C24H32O2.2C3H8.C3H6.C2H6.2H3N.W/c1-17-6-10-21(11-7-17)22-12-8-20(9-13-22)5-4-16-26-24-15-14-23(25)18(2)19(24)3;3*1-3-2;1-2;;;/h8-9,12-15,17,21,25H,4-7,10-11,16H2,1-3H3;2*3H2,1-2H3;3H,1H2,2H3;1-2H3;2*1H3;. The summed E-state index contributed by atoms with van der Waals surface area (Å²) < 4.78 is 5.91. The fourth-order valence-corrected chi connectivity index (χ4v) is 3.95. The molecule has 0 aliphatic heterocycles. The number of hydrogen-bond donors (Lipinski definition) is 3. The van der Waals surface area contributed by atoms with Crippen LogP contribution >= 0.6 is 0 Å². The maximum Gasteiger partial charge on any atom is 0.122 e. The summed E-state index contributed by atoms with van der Waals surface area (Å²) in [4.78, 5) is 0. The van der Waals surface area contributed by atoms with Gasteiger partial charge in [-0.15, -0.1) is 6.58 Å². The summed E-state index contributed by atoms with van der Waals surface area (Å²) in [5, 5.41) is 9.72. The molecule has 2 aromatic carbocycles. The van der Waals surface area contributed by atoms with Gasteiger partial charge in [0.25, 0.3) is 0 Å². The van der Waals surface area contributed by atoms with E-state index in [9.17, 15) is 5.11 Å². The van der Waals surface area contributed by atoms with Crippen LogP contribution in [0.15, 0.2) is 49.1 Å². The molecule has 1 saturated carbocycles.